The van der Waals surface area contributed by atoms with Gasteiger partial charge in [-0.1, -0.05) is 17.8 Å². The van der Waals surface area contributed by atoms with Crippen LogP contribution in [0.25, 0.3) is 5.78 Å². The summed E-state index contributed by atoms with van der Waals surface area (Å²) in [5.74, 6) is 2.01. The van der Waals surface area contributed by atoms with Crippen LogP contribution >= 0.6 is 11.8 Å². The molecule has 0 aromatic carbocycles. The highest BCUT2D eigenvalue weighted by Gasteiger charge is 2.22. The van der Waals surface area contributed by atoms with Gasteiger partial charge in [-0.25, -0.2) is 9.97 Å². The van der Waals surface area contributed by atoms with E-state index in [2.05, 4.69) is 25.1 Å². The zero-order valence-corrected chi connectivity index (χ0v) is 16.2. The highest BCUT2D eigenvalue weighted by Crippen LogP contribution is 2.20. The summed E-state index contributed by atoms with van der Waals surface area (Å²) in [6.07, 6.45) is 1.80. The van der Waals surface area contributed by atoms with E-state index in [1.54, 1.807) is 6.20 Å². The third kappa shape index (κ3) is 3.73. The Kier molecular flexibility index (Phi) is 4.93. The molecule has 4 rings (SSSR count). The first-order valence-electron chi connectivity index (χ1n) is 8.88. The lowest BCUT2D eigenvalue weighted by Crippen LogP contribution is -2.49. The Morgan fingerprint density at radius 1 is 1.15 bits per heavy atom. The van der Waals surface area contributed by atoms with Gasteiger partial charge in [0, 0.05) is 43.8 Å². The van der Waals surface area contributed by atoms with Crippen LogP contribution < -0.4 is 4.90 Å². The fourth-order valence-electron chi connectivity index (χ4n) is 3.24. The van der Waals surface area contributed by atoms with E-state index in [-0.39, 0.29) is 5.91 Å². The predicted octanol–water partition coefficient (Wildman–Crippen LogP) is 1.58. The highest BCUT2D eigenvalue weighted by molar-refractivity contribution is 7.99. The Labute approximate surface area is 161 Å². The fourth-order valence-corrected chi connectivity index (χ4v) is 4.13. The van der Waals surface area contributed by atoms with Gasteiger partial charge in [0.2, 0.25) is 5.91 Å². The van der Waals surface area contributed by atoms with E-state index in [0.29, 0.717) is 29.8 Å². The second-order valence-electron chi connectivity index (χ2n) is 6.50. The number of piperazine rings is 1. The summed E-state index contributed by atoms with van der Waals surface area (Å²) in [4.78, 5) is 25.5. The number of nitrogens with zero attached hydrogens (tertiary/aromatic N) is 7. The van der Waals surface area contributed by atoms with Gasteiger partial charge < -0.3 is 9.80 Å². The van der Waals surface area contributed by atoms with Crippen molar-refractivity contribution < 1.29 is 4.79 Å². The topological polar surface area (TPSA) is 79.5 Å². The lowest BCUT2D eigenvalue weighted by molar-refractivity contribution is -0.128. The van der Waals surface area contributed by atoms with Gasteiger partial charge in [0.1, 0.15) is 5.82 Å². The number of hydrogen-bond donors (Lipinski definition) is 0. The van der Waals surface area contributed by atoms with E-state index >= 15 is 0 Å². The maximum absolute atomic E-state index is 12.6. The van der Waals surface area contributed by atoms with Crippen LogP contribution in [0.2, 0.25) is 0 Å². The summed E-state index contributed by atoms with van der Waals surface area (Å²) in [5, 5.41) is 9.01. The number of carbonyl (C=O) groups excluding carboxylic acids is 1. The van der Waals surface area contributed by atoms with Crippen LogP contribution in [0.5, 0.6) is 0 Å². The van der Waals surface area contributed by atoms with E-state index in [9.17, 15) is 4.79 Å². The molecule has 0 bridgehead atoms. The van der Waals surface area contributed by atoms with Crippen molar-refractivity contribution in [3.05, 3.63) is 41.9 Å². The van der Waals surface area contributed by atoms with E-state index in [0.717, 1.165) is 30.3 Å². The van der Waals surface area contributed by atoms with Crippen LogP contribution in [-0.4, -0.2) is 67.3 Å². The first-order chi connectivity index (χ1) is 13.1. The van der Waals surface area contributed by atoms with Gasteiger partial charge in [0.05, 0.1) is 5.75 Å². The highest BCUT2D eigenvalue weighted by atomic mass is 32.2. The molecule has 1 amide bonds. The molecule has 9 heteroatoms. The number of pyridine rings is 1. The van der Waals surface area contributed by atoms with E-state index in [1.165, 1.54) is 11.8 Å². The molecule has 1 aliphatic heterocycles. The number of rotatable bonds is 4. The van der Waals surface area contributed by atoms with Crippen LogP contribution in [0.3, 0.4) is 0 Å². The standard InChI is InChI=1S/C18H21N7OS/c1-13-11-14(2)25-17(20-13)21-22-18(25)27-12-16(26)24-9-7-23(8-10-24)15-5-3-4-6-19-15/h3-6,11H,7-10,12H2,1-2H3. The van der Waals surface area contributed by atoms with Crippen LogP contribution in [0.1, 0.15) is 11.4 Å². The summed E-state index contributed by atoms with van der Waals surface area (Å²) in [5.41, 5.74) is 1.92. The van der Waals surface area contributed by atoms with Crippen LogP contribution in [-0.2, 0) is 4.79 Å². The lowest BCUT2D eigenvalue weighted by Gasteiger charge is -2.35. The van der Waals surface area contributed by atoms with Crippen molar-refractivity contribution >= 4 is 29.3 Å². The van der Waals surface area contributed by atoms with Crippen LogP contribution in [0.15, 0.2) is 35.6 Å². The van der Waals surface area contributed by atoms with Crippen molar-refractivity contribution in [2.45, 2.75) is 19.0 Å². The van der Waals surface area contributed by atoms with Crippen molar-refractivity contribution in [1.29, 1.82) is 0 Å². The molecule has 3 aromatic rings. The van der Waals surface area contributed by atoms with E-state index < -0.39 is 0 Å². The Morgan fingerprint density at radius 2 is 1.96 bits per heavy atom. The maximum atomic E-state index is 12.6. The average Bonchev–Trinajstić information content (AvgIpc) is 3.10. The Hall–Kier alpha value is -2.68. The zero-order valence-electron chi connectivity index (χ0n) is 15.4. The number of amides is 1. The number of thioether (sulfide) groups is 1. The summed E-state index contributed by atoms with van der Waals surface area (Å²) >= 11 is 1.41. The molecule has 8 nitrogen and oxygen atoms in total. The second-order valence-corrected chi connectivity index (χ2v) is 7.44. The predicted molar refractivity (Wildman–Crippen MR) is 104 cm³/mol. The van der Waals surface area contributed by atoms with Gasteiger partial charge in [0.15, 0.2) is 5.16 Å². The van der Waals surface area contributed by atoms with Gasteiger partial charge in [-0.3, -0.25) is 9.20 Å². The van der Waals surface area contributed by atoms with Gasteiger partial charge in [-0.2, -0.15) is 0 Å². The first kappa shape index (κ1) is 17.7. The fraction of sp³-hybridized carbons (Fsp3) is 0.389. The Bertz CT molecular complexity index is 951. The van der Waals surface area contributed by atoms with Crippen molar-refractivity contribution in [2.75, 3.05) is 36.8 Å². The van der Waals surface area contributed by atoms with Crippen molar-refractivity contribution in [2.24, 2.45) is 0 Å². The summed E-state index contributed by atoms with van der Waals surface area (Å²) in [6.45, 7) is 6.93. The SMILES string of the molecule is Cc1cc(C)n2c(SCC(=O)N3CCN(c4ccccn4)CC3)nnc2n1. The van der Waals surface area contributed by atoms with Gasteiger partial charge in [-0.05, 0) is 32.0 Å². The molecule has 1 saturated heterocycles. The number of anilines is 1. The van der Waals surface area contributed by atoms with E-state index in [4.69, 9.17) is 0 Å². The maximum Gasteiger partial charge on any atom is 0.256 e. The monoisotopic (exact) mass is 383 g/mol. The lowest BCUT2D eigenvalue weighted by atomic mass is 10.3. The van der Waals surface area contributed by atoms with Gasteiger partial charge >= 0.3 is 0 Å². The third-order valence-corrected chi connectivity index (χ3v) is 5.51. The largest absolute Gasteiger partial charge is 0.353 e. The number of carbonyl (C=O) groups is 1. The Morgan fingerprint density at radius 3 is 2.70 bits per heavy atom. The Balaban J connectivity index is 1.35. The molecule has 1 fully saturated rings. The molecule has 27 heavy (non-hydrogen) atoms. The molecule has 0 radical (unpaired) electrons. The molecule has 0 aliphatic carbocycles. The number of fused-ring (bicyclic) bond motifs is 1. The number of aromatic nitrogens is 5. The van der Waals surface area contributed by atoms with Crippen LogP contribution in [0.4, 0.5) is 5.82 Å². The number of aryl methyl sites for hydroxylation is 2. The second kappa shape index (κ2) is 7.51. The van der Waals surface area contributed by atoms with Gasteiger partial charge in [-0.15, -0.1) is 10.2 Å². The minimum Gasteiger partial charge on any atom is -0.353 e. The molecule has 4 heterocycles. The molecule has 1 aliphatic rings. The number of hydrogen-bond acceptors (Lipinski definition) is 7. The van der Waals surface area contributed by atoms with Crippen molar-refractivity contribution in [3.63, 3.8) is 0 Å². The summed E-state index contributed by atoms with van der Waals surface area (Å²) in [7, 11) is 0. The first-order valence-corrected chi connectivity index (χ1v) is 9.86. The minimum atomic E-state index is 0.121. The molecule has 0 atom stereocenters. The summed E-state index contributed by atoms with van der Waals surface area (Å²) < 4.78 is 1.89. The van der Waals surface area contributed by atoms with Crippen molar-refractivity contribution in [1.82, 2.24) is 29.5 Å². The summed E-state index contributed by atoms with van der Waals surface area (Å²) in [6, 6.07) is 7.88. The quantitative estimate of drug-likeness (QED) is 0.633. The molecule has 0 saturated carbocycles. The smallest absolute Gasteiger partial charge is 0.256 e. The average molecular weight is 383 g/mol. The van der Waals surface area contributed by atoms with E-state index in [1.807, 2.05) is 47.4 Å². The zero-order chi connectivity index (χ0) is 18.8. The minimum absolute atomic E-state index is 0.121. The van der Waals surface area contributed by atoms with Crippen LogP contribution in [0, 0.1) is 13.8 Å². The molecule has 3 aromatic heterocycles. The molecule has 140 valence electrons. The molecular formula is C18H21N7OS. The normalized spacial score (nSPS) is 14.7. The molecule has 0 N–H and O–H groups in total. The van der Waals surface area contributed by atoms with Crippen molar-refractivity contribution in [3.8, 4) is 0 Å². The molecule has 0 unspecified atom stereocenters. The third-order valence-electron chi connectivity index (χ3n) is 4.59. The molecule has 0 spiro atoms. The van der Waals surface area contributed by atoms with Gasteiger partial charge in [0.25, 0.3) is 5.78 Å². The molecular weight excluding hydrogens is 362 g/mol.